The fourth-order valence-corrected chi connectivity index (χ4v) is 2.90. The summed E-state index contributed by atoms with van der Waals surface area (Å²) in [6.07, 6.45) is 0.491. The highest BCUT2D eigenvalue weighted by Crippen LogP contribution is 2.35. The highest BCUT2D eigenvalue weighted by molar-refractivity contribution is 6.04. The van der Waals surface area contributed by atoms with E-state index in [1.807, 2.05) is 30.3 Å². The summed E-state index contributed by atoms with van der Waals surface area (Å²) in [5.41, 5.74) is -0.107. The van der Waals surface area contributed by atoms with Gasteiger partial charge in [-0.25, -0.2) is 24.6 Å². The fourth-order valence-electron chi connectivity index (χ4n) is 2.90. The molecule has 1 atom stereocenters. The number of hydrogen-bond donors (Lipinski definition) is 0. The van der Waals surface area contributed by atoms with Gasteiger partial charge in [-0.3, -0.25) is 0 Å². The van der Waals surface area contributed by atoms with Gasteiger partial charge < -0.3 is 4.74 Å². The molecule has 22 heavy (non-hydrogen) atoms. The van der Waals surface area contributed by atoms with Crippen molar-refractivity contribution in [1.82, 2.24) is 15.0 Å². The normalized spacial score (nSPS) is 24.2. The topological polar surface area (TPSA) is 65.5 Å². The predicted molar refractivity (Wildman–Crippen MR) is 79.7 cm³/mol. The second-order valence-electron chi connectivity index (χ2n) is 5.55. The van der Waals surface area contributed by atoms with Gasteiger partial charge in [0.15, 0.2) is 11.4 Å². The van der Waals surface area contributed by atoms with Crippen molar-refractivity contribution in [2.24, 2.45) is 5.10 Å². The molecule has 1 unspecified atom stereocenters. The van der Waals surface area contributed by atoms with Crippen molar-refractivity contribution >= 4 is 17.8 Å². The zero-order valence-corrected chi connectivity index (χ0v) is 12.8. The number of ether oxygens (including phenoxy) is 1. The molecule has 0 bridgehead atoms. The number of carbonyl (C=O) groups excluding carboxylic acids is 2. The number of hydrazone groups is 1. The third-order valence-electron chi connectivity index (χ3n) is 4.12. The van der Waals surface area contributed by atoms with Gasteiger partial charge in [-0.1, -0.05) is 30.3 Å². The average Bonchev–Trinajstić information content (AvgIpc) is 2.90. The van der Waals surface area contributed by atoms with Crippen LogP contribution in [0.4, 0.5) is 4.79 Å². The van der Waals surface area contributed by atoms with Crippen molar-refractivity contribution in [3.8, 4) is 0 Å². The first-order valence-corrected chi connectivity index (χ1v) is 7.07. The Morgan fingerprint density at radius 1 is 1.32 bits per heavy atom. The zero-order chi connectivity index (χ0) is 15.9. The van der Waals surface area contributed by atoms with Gasteiger partial charge in [-0.15, -0.1) is 5.10 Å². The SMILES string of the molecule is COC(=O)C1(C)CCN2C(=O)N(C)N=C(c3ccccc3)N21. The Balaban J connectivity index is 2.13. The van der Waals surface area contributed by atoms with Crippen LogP contribution in [0.25, 0.3) is 0 Å². The lowest BCUT2D eigenvalue weighted by Crippen LogP contribution is -2.62. The minimum atomic E-state index is -0.944. The molecule has 3 rings (SSSR count). The molecular formula is C15H18N4O3. The summed E-state index contributed by atoms with van der Waals surface area (Å²) in [5.74, 6) is 0.184. The van der Waals surface area contributed by atoms with E-state index in [0.29, 0.717) is 18.8 Å². The minimum absolute atomic E-state index is 0.257. The molecule has 0 saturated carbocycles. The number of urea groups is 1. The number of amidine groups is 1. The van der Waals surface area contributed by atoms with Crippen molar-refractivity contribution < 1.29 is 14.3 Å². The molecular weight excluding hydrogens is 284 g/mol. The van der Waals surface area contributed by atoms with Crippen molar-refractivity contribution in [2.45, 2.75) is 18.9 Å². The number of benzene rings is 1. The third-order valence-corrected chi connectivity index (χ3v) is 4.12. The van der Waals surface area contributed by atoms with E-state index in [1.54, 1.807) is 24.0 Å². The van der Waals surface area contributed by atoms with Crippen LogP contribution in [0.5, 0.6) is 0 Å². The number of hydrogen-bond acceptors (Lipinski definition) is 5. The second-order valence-corrected chi connectivity index (χ2v) is 5.55. The second kappa shape index (κ2) is 5.01. The van der Waals surface area contributed by atoms with Gasteiger partial charge >= 0.3 is 12.0 Å². The summed E-state index contributed by atoms with van der Waals surface area (Å²) in [5, 5.41) is 8.87. The smallest absolute Gasteiger partial charge is 0.359 e. The van der Waals surface area contributed by atoms with Gasteiger partial charge in [-0.2, -0.15) is 0 Å². The van der Waals surface area contributed by atoms with Gasteiger partial charge in [-0.05, 0) is 6.92 Å². The summed E-state index contributed by atoms with van der Waals surface area (Å²) < 4.78 is 4.95. The molecule has 2 heterocycles. The number of methoxy groups -OCH3 is 1. The molecule has 2 amide bonds. The number of carbonyl (C=O) groups is 2. The molecule has 1 aromatic carbocycles. The fraction of sp³-hybridized carbons (Fsp3) is 0.400. The van der Waals surface area contributed by atoms with Crippen molar-refractivity contribution in [2.75, 3.05) is 20.7 Å². The molecule has 1 fully saturated rings. The van der Waals surface area contributed by atoms with Crippen LogP contribution in [-0.4, -0.2) is 59.1 Å². The molecule has 0 radical (unpaired) electrons. The monoisotopic (exact) mass is 302 g/mol. The zero-order valence-electron chi connectivity index (χ0n) is 12.8. The molecule has 2 aliphatic heterocycles. The van der Waals surface area contributed by atoms with E-state index in [0.717, 1.165) is 5.56 Å². The molecule has 0 aliphatic carbocycles. The van der Waals surface area contributed by atoms with E-state index in [2.05, 4.69) is 5.10 Å². The predicted octanol–water partition coefficient (Wildman–Crippen LogP) is 1.27. The maximum Gasteiger partial charge on any atom is 0.359 e. The van der Waals surface area contributed by atoms with E-state index in [9.17, 15) is 9.59 Å². The van der Waals surface area contributed by atoms with Crippen LogP contribution in [0.3, 0.4) is 0 Å². The Morgan fingerprint density at radius 3 is 2.64 bits per heavy atom. The molecule has 2 aliphatic rings. The van der Waals surface area contributed by atoms with Crippen molar-refractivity contribution in [1.29, 1.82) is 0 Å². The maximum atomic E-state index is 12.3. The number of fused-ring (bicyclic) bond motifs is 1. The minimum Gasteiger partial charge on any atom is -0.467 e. The first-order chi connectivity index (χ1) is 10.5. The standard InChI is InChI=1S/C15H18N4O3/c1-15(13(20)22-3)9-10-18-14(21)17(2)16-12(19(15)18)11-7-5-4-6-8-11/h4-8H,9-10H2,1-3H3. The Bertz CT molecular complexity index is 645. The Morgan fingerprint density at radius 2 is 2.00 bits per heavy atom. The lowest BCUT2D eigenvalue weighted by Gasteiger charge is -2.42. The summed E-state index contributed by atoms with van der Waals surface area (Å²) in [6.45, 7) is 2.22. The molecule has 1 aromatic rings. The van der Waals surface area contributed by atoms with Crippen LogP contribution in [0.15, 0.2) is 35.4 Å². The summed E-state index contributed by atoms with van der Waals surface area (Å²) in [4.78, 5) is 24.6. The number of amides is 2. The number of rotatable bonds is 2. The van der Waals surface area contributed by atoms with Crippen LogP contribution in [0.2, 0.25) is 0 Å². The van der Waals surface area contributed by atoms with Crippen molar-refractivity contribution in [3.63, 3.8) is 0 Å². The number of esters is 1. The first kappa shape index (κ1) is 14.4. The maximum absolute atomic E-state index is 12.3. The largest absolute Gasteiger partial charge is 0.467 e. The summed E-state index contributed by atoms with van der Waals surface area (Å²) in [7, 11) is 2.96. The van der Waals surface area contributed by atoms with E-state index in [1.165, 1.54) is 12.1 Å². The highest BCUT2D eigenvalue weighted by atomic mass is 16.5. The first-order valence-electron chi connectivity index (χ1n) is 7.07. The molecule has 0 spiro atoms. The molecule has 0 aromatic heterocycles. The summed E-state index contributed by atoms with van der Waals surface area (Å²) >= 11 is 0. The molecule has 0 N–H and O–H groups in total. The molecule has 116 valence electrons. The molecule has 7 heteroatoms. The van der Waals surface area contributed by atoms with Crippen LogP contribution >= 0.6 is 0 Å². The Labute approximate surface area is 128 Å². The van der Waals surface area contributed by atoms with Crippen LogP contribution in [0.1, 0.15) is 18.9 Å². The van der Waals surface area contributed by atoms with E-state index < -0.39 is 5.54 Å². The quantitative estimate of drug-likeness (QED) is 0.772. The number of nitrogens with zero attached hydrogens (tertiary/aromatic N) is 4. The van der Waals surface area contributed by atoms with E-state index >= 15 is 0 Å². The van der Waals surface area contributed by atoms with Gasteiger partial charge in [0, 0.05) is 25.6 Å². The highest BCUT2D eigenvalue weighted by Gasteiger charge is 2.54. The van der Waals surface area contributed by atoms with Crippen LogP contribution in [0, 0.1) is 0 Å². The third kappa shape index (κ3) is 1.93. The Kier molecular flexibility index (Phi) is 3.27. The van der Waals surface area contributed by atoms with Crippen LogP contribution in [-0.2, 0) is 9.53 Å². The van der Waals surface area contributed by atoms with Crippen molar-refractivity contribution in [3.05, 3.63) is 35.9 Å². The lowest BCUT2D eigenvalue weighted by molar-refractivity contribution is -0.153. The molecule has 1 saturated heterocycles. The van der Waals surface area contributed by atoms with Gasteiger partial charge in [0.2, 0.25) is 0 Å². The molecule has 7 nitrogen and oxygen atoms in total. The number of hydrazine groups is 1. The van der Waals surface area contributed by atoms with E-state index in [4.69, 9.17) is 4.74 Å². The Hall–Kier alpha value is -2.57. The van der Waals surface area contributed by atoms with Gasteiger partial charge in [0.1, 0.15) is 0 Å². The van der Waals surface area contributed by atoms with Gasteiger partial charge in [0.25, 0.3) is 0 Å². The summed E-state index contributed by atoms with van der Waals surface area (Å²) in [6, 6.07) is 9.23. The average molecular weight is 302 g/mol. The van der Waals surface area contributed by atoms with Gasteiger partial charge in [0.05, 0.1) is 7.11 Å². The van der Waals surface area contributed by atoms with E-state index in [-0.39, 0.29) is 12.0 Å². The van der Waals surface area contributed by atoms with Crippen LogP contribution < -0.4 is 0 Å². The lowest BCUT2D eigenvalue weighted by atomic mass is 9.98.